The third-order valence-corrected chi connectivity index (χ3v) is 8.11. The number of hydrogen-bond acceptors (Lipinski definition) is 5. The van der Waals surface area contributed by atoms with Crippen molar-refractivity contribution in [1.29, 1.82) is 0 Å². The lowest BCUT2D eigenvalue weighted by Crippen LogP contribution is -2.12. The first kappa shape index (κ1) is 25.2. The minimum atomic E-state index is -1.57. The Labute approximate surface area is 219 Å². The van der Waals surface area contributed by atoms with Crippen LogP contribution in [0.5, 0.6) is 11.5 Å². The van der Waals surface area contributed by atoms with Gasteiger partial charge in [-0.2, -0.15) is 0 Å². The molecular formula is C31H34NO4P. The van der Waals surface area contributed by atoms with E-state index in [9.17, 15) is 0 Å². The van der Waals surface area contributed by atoms with Gasteiger partial charge in [-0.15, -0.1) is 0 Å². The third-order valence-electron chi connectivity index (χ3n) is 6.66. The van der Waals surface area contributed by atoms with E-state index in [1.54, 1.807) is 14.2 Å². The zero-order valence-corrected chi connectivity index (χ0v) is 23.7. The van der Waals surface area contributed by atoms with Crippen LogP contribution in [0.2, 0.25) is 0 Å². The zero-order valence-electron chi connectivity index (χ0n) is 22.8. The first-order chi connectivity index (χ1) is 17.5. The standard InChI is InChI=1S/C31H34NO4P/c1-30(2,3)24-17-20(33-7)15-22-23-16-21(34-8)18-25(31(4,5)6)29(23)36-37(35-28(22)24)26-13-9-11-19-12-10-14-32-27(19)26/h9-18H,1-8H3. The van der Waals surface area contributed by atoms with Gasteiger partial charge in [0.2, 0.25) is 0 Å². The van der Waals surface area contributed by atoms with Gasteiger partial charge in [0, 0.05) is 33.5 Å². The van der Waals surface area contributed by atoms with Gasteiger partial charge in [-0.25, -0.2) is 0 Å². The minimum absolute atomic E-state index is 0.202. The van der Waals surface area contributed by atoms with Gasteiger partial charge in [-0.3, -0.25) is 4.98 Å². The summed E-state index contributed by atoms with van der Waals surface area (Å²) in [6.45, 7) is 13.1. The van der Waals surface area contributed by atoms with Gasteiger partial charge in [-0.1, -0.05) is 59.7 Å². The second kappa shape index (κ2) is 9.15. The summed E-state index contributed by atoms with van der Waals surface area (Å²) >= 11 is 0. The number of ether oxygens (including phenoxy) is 2. The highest BCUT2D eigenvalue weighted by Gasteiger charge is 2.26. The maximum Gasteiger partial charge on any atom is 0.255 e. The smallest absolute Gasteiger partial charge is 0.255 e. The molecule has 0 fully saturated rings. The summed E-state index contributed by atoms with van der Waals surface area (Å²) in [5.41, 5.74) is 4.20. The highest BCUT2D eigenvalue weighted by molar-refractivity contribution is 7.46. The normalized spacial score (nSPS) is 12.3. The lowest BCUT2D eigenvalue weighted by molar-refractivity contribution is 0.413. The molecule has 0 aliphatic heterocycles. The summed E-state index contributed by atoms with van der Waals surface area (Å²) in [6, 6.07) is 18.4. The molecule has 0 unspecified atom stereocenters. The van der Waals surface area contributed by atoms with E-state index in [-0.39, 0.29) is 10.8 Å². The van der Waals surface area contributed by atoms with Crippen molar-refractivity contribution in [2.24, 2.45) is 0 Å². The maximum absolute atomic E-state index is 6.94. The molecule has 0 bridgehead atoms. The number of para-hydroxylation sites is 1. The maximum atomic E-state index is 6.94. The van der Waals surface area contributed by atoms with Gasteiger partial charge in [0.15, 0.2) is 0 Å². The van der Waals surface area contributed by atoms with Crippen molar-refractivity contribution in [3.05, 3.63) is 71.9 Å². The van der Waals surface area contributed by atoms with Crippen molar-refractivity contribution in [2.45, 2.75) is 52.4 Å². The Balaban J connectivity index is 2.09. The van der Waals surface area contributed by atoms with Gasteiger partial charge in [0.25, 0.3) is 8.01 Å². The van der Waals surface area contributed by atoms with E-state index in [0.29, 0.717) is 0 Å². The molecule has 5 rings (SSSR count). The Bertz CT molecular complexity index is 1580. The number of aromatic nitrogens is 1. The predicted octanol–water partition coefficient (Wildman–Crippen LogP) is 9.44. The number of pyridine rings is 1. The summed E-state index contributed by atoms with van der Waals surface area (Å²) in [6.07, 6.45) is 1.82. The first-order valence-corrected chi connectivity index (χ1v) is 13.6. The van der Waals surface area contributed by atoms with Gasteiger partial charge >= 0.3 is 0 Å². The van der Waals surface area contributed by atoms with E-state index in [1.165, 1.54) is 0 Å². The van der Waals surface area contributed by atoms with Crippen LogP contribution in [-0.2, 0) is 10.8 Å². The topological polar surface area (TPSA) is 57.6 Å². The van der Waals surface area contributed by atoms with Gasteiger partial charge < -0.3 is 17.9 Å². The Morgan fingerprint density at radius 1 is 0.703 bits per heavy atom. The van der Waals surface area contributed by atoms with E-state index in [1.807, 2.05) is 30.5 Å². The summed E-state index contributed by atoms with van der Waals surface area (Å²) in [5, 5.41) is 3.86. The fourth-order valence-corrected chi connectivity index (χ4v) is 6.20. The van der Waals surface area contributed by atoms with Crippen molar-refractivity contribution in [2.75, 3.05) is 14.2 Å². The highest BCUT2D eigenvalue weighted by atomic mass is 31.1. The fourth-order valence-electron chi connectivity index (χ4n) is 4.67. The van der Waals surface area contributed by atoms with Crippen molar-refractivity contribution < 1.29 is 17.9 Å². The minimum Gasteiger partial charge on any atom is -0.497 e. The van der Waals surface area contributed by atoms with Crippen LogP contribution in [0.3, 0.4) is 0 Å². The van der Waals surface area contributed by atoms with E-state index in [0.717, 1.165) is 60.8 Å². The van der Waals surface area contributed by atoms with Crippen LogP contribution in [0.25, 0.3) is 38.1 Å². The van der Waals surface area contributed by atoms with Crippen LogP contribution >= 0.6 is 8.01 Å². The number of methoxy groups -OCH3 is 2. The fraction of sp³-hybridized carbons (Fsp3) is 0.323. The summed E-state index contributed by atoms with van der Waals surface area (Å²) in [7, 11) is 1.83. The van der Waals surface area contributed by atoms with Crippen LogP contribution < -0.4 is 9.47 Å². The van der Waals surface area contributed by atoms with E-state index in [2.05, 4.69) is 71.9 Å². The summed E-state index contributed by atoms with van der Waals surface area (Å²) in [5.74, 6) is 1.55. The SMILES string of the molecule is COc1cc(C(C)(C)C)c2op(-c3cccc4cccnc34)oc3c(C(C)(C)C)cc(OC)cc3c2c1. The Kier molecular flexibility index (Phi) is 6.24. The summed E-state index contributed by atoms with van der Waals surface area (Å²) in [4.78, 5) is 4.71. The molecule has 2 aromatic heterocycles. The van der Waals surface area contributed by atoms with E-state index in [4.69, 9.17) is 22.9 Å². The first-order valence-electron chi connectivity index (χ1n) is 12.5. The second-order valence-electron chi connectivity index (χ2n) is 11.4. The lowest BCUT2D eigenvalue weighted by Gasteiger charge is -2.21. The largest absolute Gasteiger partial charge is 0.497 e. The number of benzene rings is 3. The van der Waals surface area contributed by atoms with Crippen LogP contribution in [0.4, 0.5) is 0 Å². The zero-order chi connectivity index (χ0) is 26.5. The molecule has 37 heavy (non-hydrogen) atoms. The quantitative estimate of drug-likeness (QED) is 0.239. The van der Waals surface area contributed by atoms with Crippen molar-refractivity contribution in [3.63, 3.8) is 0 Å². The molecule has 0 saturated carbocycles. The molecule has 3 aromatic carbocycles. The molecule has 0 aliphatic carbocycles. The Hall–Kier alpha value is -3.43. The van der Waals surface area contributed by atoms with Gasteiger partial charge in [0.05, 0.1) is 25.0 Å². The van der Waals surface area contributed by atoms with Crippen LogP contribution in [0.15, 0.2) is 69.2 Å². The van der Waals surface area contributed by atoms with Crippen molar-refractivity contribution in [3.8, 4) is 16.8 Å². The van der Waals surface area contributed by atoms with Gasteiger partial charge in [-0.05, 0) is 47.2 Å². The molecule has 192 valence electrons. The molecule has 6 heteroatoms. The highest BCUT2D eigenvalue weighted by Crippen LogP contribution is 2.49. The van der Waals surface area contributed by atoms with Gasteiger partial charge in [0.1, 0.15) is 22.7 Å². The molecule has 0 spiro atoms. The molecule has 2 heterocycles. The van der Waals surface area contributed by atoms with Crippen LogP contribution in [0.1, 0.15) is 52.7 Å². The average molecular weight is 516 g/mol. The van der Waals surface area contributed by atoms with E-state index >= 15 is 0 Å². The number of hydrogen-bond donors (Lipinski definition) is 0. The molecular weight excluding hydrogens is 481 g/mol. The molecule has 0 aliphatic rings. The lowest BCUT2D eigenvalue weighted by atomic mass is 9.84. The molecule has 0 amide bonds. The van der Waals surface area contributed by atoms with E-state index < -0.39 is 8.01 Å². The van der Waals surface area contributed by atoms with Crippen LogP contribution in [-0.4, -0.2) is 19.2 Å². The second-order valence-corrected chi connectivity index (χ2v) is 12.8. The number of rotatable bonds is 3. The Morgan fingerprint density at radius 2 is 1.22 bits per heavy atom. The summed E-state index contributed by atoms with van der Waals surface area (Å²) < 4.78 is 25.4. The number of fused-ring (bicyclic) bond motifs is 4. The molecule has 0 atom stereocenters. The molecule has 5 aromatic rings. The Morgan fingerprint density at radius 3 is 1.70 bits per heavy atom. The third kappa shape index (κ3) is 4.57. The monoisotopic (exact) mass is 515 g/mol. The average Bonchev–Trinajstić information content (AvgIpc) is 3.02. The van der Waals surface area contributed by atoms with Crippen molar-refractivity contribution >= 4 is 40.9 Å². The molecule has 5 nitrogen and oxygen atoms in total. The predicted molar refractivity (Wildman–Crippen MR) is 153 cm³/mol. The van der Waals surface area contributed by atoms with Crippen LogP contribution in [0, 0.1) is 0 Å². The molecule has 0 radical (unpaired) electrons. The number of nitrogens with zero attached hydrogens (tertiary/aromatic N) is 1. The molecule has 0 saturated heterocycles. The molecule has 0 N–H and O–H groups in total. The van der Waals surface area contributed by atoms with Crippen molar-refractivity contribution in [1.82, 2.24) is 4.98 Å².